The number of amides is 1. The number of hydroxylamine groups is 2. The molecule has 22 heavy (non-hydrogen) atoms. The predicted octanol–water partition coefficient (Wildman–Crippen LogP) is 2.38. The van der Waals surface area contributed by atoms with Gasteiger partial charge in [0.05, 0.1) is 0 Å². The molecular formula is C15H28N2O5. The Labute approximate surface area is 131 Å². The molecule has 1 fully saturated rings. The van der Waals surface area contributed by atoms with Crippen molar-refractivity contribution in [2.75, 3.05) is 0 Å². The number of nitrogens with one attached hydrogen (secondary N) is 1. The molecule has 3 N–H and O–H groups in total. The summed E-state index contributed by atoms with van der Waals surface area (Å²) in [6.07, 6.45) is -0.642. The Balaban J connectivity index is 3.12. The van der Waals surface area contributed by atoms with E-state index in [9.17, 15) is 19.9 Å². The van der Waals surface area contributed by atoms with E-state index < -0.39 is 34.3 Å². The molecule has 0 aromatic rings. The summed E-state index contributed by atoms with van der Waals surface area (Å²) in [5, 5.41) is 23.7. The van der Waals surface area contributed by atoms with Gasteiger partial charge in [-0.25, -0.2) is 9.59 Å². The van der Waals surface area contributed by atoms with E-state index in [1.54, 1.807) is 48.5 Å². The zero-order chi connectivity index (χ0) is 17.6. The van der Waals surface area contributed by atoms with Gasteiger partial charge in [0.25, 0.3) is 0 Å². The molecule has 1 rings (SSSR count). The Hall–Kier alpha value is -1.34. The third-order valence-electron chi connectivity index (χ3n) is 3.77. The van der Waals surface area contributed by atoms with E-state index in [1.165, 1.54) is 0 Å². The lowest BCUT2D eigenvalue weighted by atomic mass is 9.70. The number of nitrogens with zero attached hydrogens (tertiary/aromatic N) is 1. The largest absolute Gasteiger partial charge is 0.480 e. The molecule has 0 aromatic heterocycles. The number of piperidine rings is 1. The third-order valence-corrected chi connectivity index (χ3v) is 3.77. The maximum atomic E-state index is 12.1. The van der Waals surface area contributed by atoms with Crippen molar-refractivity contribution >= 4 is 12.1 Å². The van der Waals surface area contributed by atoms with Crippen molar-refractivity contribution in [3.8, 4) is 0 Å². The monoisotopic (exact) mass is 316 g/mol. The van der Waals surface area contributed by atoms with Crippen LogP contribution in [0.4, 0.5) is 4.79 Å². The molecule has 0 saturated carbocycles. The van der Waals surface area contributed by atoms with Gasteiger partial charge < -0.3 is 20.4 Å². The summed E-state index contributed by atoms with van der Waals surface area (Å²) >= 11 is 0. The highest BCUT2D eigenvalue weighted by atomic mass is 16.6. The Morgan fingerprint density at radius 2 is 1.50 bits per heavy atom. The van der Waals surface area contributed by atoms with Gasteiger partial charge in [-0.3, -0.25) is 0 Å². The van der Waals surface area contributed by atoms with Crippen molar-refractivity contribution in [1.29, 1.82) is 0 Å². The van der Waals surface area contributed by atoms with Crippen molar-refractivity contribution < 1.29 is 24.6 Å². The standard InChI is InChI=1S/C15H28N2O5/c1-12(2,3)22-11(20)16-15(10(18)19)8-13(4,5)17(21)14(6,7)9-15/h21H,8-9H2,1-7H3,(H,16,20)(H,18,19). The van der Waals surface area contributed by atoms with Crippen LogP contribution in [-0.4, -0.2) is 49.7 Å². The summed E-state index contributed by atoms with van der Waals surface area (Å²) in [5.74, 6) is -1.13. The quantitative estimate of drug-likeness (QED) is 0.723. The van der Waals surface area contributed by atoms with Gasteiger partial charge >= 0.3 is 12.1 Å². The minimum absolute atomic E-state index is 0.0640. The molecule has 1 heterocycles. The van der Waals surface area contributed by atoms with Crippen LogP contribution in [-0.2, 0) is 9.53 Å². The van der Waals surface area contributed by atoms with Gasteiger partial charge in [-0.05, 0) is 48.5 Å². The smallest absolute Gasteiger partial charge is 0.408 e. The maximum Gasteiger partial charge on any atom is 0.408 e. The molecule has 7 heteroatoms. The van der Waals surface area contributed by atoms with E-state index in [1.807, 2.05) is 0 Å². The SMILES string of the molecule is CC(C)(C)OC(=O)NC1(C(=O)O)CC(C)(C)N(O)C(C)(C)C1. The van der Waals surface area contributed by atoms with Crippen LogP contribution in [0.5, 0.6) is 0 Å². The Morgan fingerprint density at radius 3 is 1.82 bits per heavy atom. The first-order valence-electron chi connectivity index (χ1n) is 7.35. The highest BCUT2D eigenvalue weighted by Crippen LogP contribution is 2.42. The summed E-state index contributed by atoms with van der Waals surface area (Å²) < 4.78 is 5.19. The normalized spacial score (nSPS) is 23.6. The minimum Gasteiger partial charge on any atom is -0.480 e. The van der Waals surface area contributed by atoms with Gasteiger partial charge in [-0.2, -0.15) is 5.06 Å². The average Bonchev–Trinajstić information content (AvgIpc) is 2.21. The van der Waals surface area contributed by atoms with Crippen LogP contribution in [0.1, 0.15) is 61.3 Å². The molecule has 1 aliphatic rings. The molecule has 0 unspecified atom stereocenters. The number of carboxylic acids is 1. The van der Waals surface area contributed by atoms with E-state index >= 15 is 0 Å². The predicted molar refractivity (Wildman–Crippen MR) is 80.8 cm³/mol. The van der Waals surface area contributed by atoms with Crippen LogP contribution in [0, 0.1) is 0 Å². The van der Waals surface area contributed by atoms with E-state index in [2.05, 4.69) is 5.32 Å². The molecule has 0 spiro atoms. The van der Waals surface area contributed by atoms with Gasteiger partial charge in [0.2, 0.25) is 0 Å². The van der Waals surface area contributed by atoms with Gasteiger partial charge in [0.15, 0.2) is 0 Å². The van der Waals surface area contributed by atoms with E-state index in [0.717, 1.165) is 5.06 Å². The van der Waals surface area contributed by atoms with Crippen molar-refractivity contribution in [1.82, 2.24) is 10.4 Å². The first kappa shape index (κ1) is 18.7. The Kier molecular flexibility index (Phi) is 4.58. The average molecular weight is 316 g/mol. The maximum absolute atomic E-state index is 12.1. The first-order chi connectivity index (χ1) is 9.61. The van der Waals surface area contributed by atoms with Gasteiger partial charge in [0.1, 0.15) is 11.1 Å². The van der Waals surface area contributed by atoms with Crippen LogP contribution in [0.25, 0.3) is 0 Å². The number of rotatable bonds is 2. The molecule has 0 aliphatic carbocycles. The number of carboxylic acid groups (broad SMARTS) is 1. The number of hydrogen-bond acceptors (Lipinski definition) is 5. The second-order valence-corrected chi connectivity index (χ2v) is 8.30. The highest BCUT2D eigenvalue weighted by molar-refractivity contribution is 5.85. The molecule has 0 radical (unpaired) electrons. The van der Waals surface area contributed by atoms with Crippen molar-refractivity contribution in [2.24, 2.45) is 0 Å². The highest BCUT2D eigenvalue weighted by Gasteiger charge is 2.57. The molecule has 0 atom stereocenters. The van der Waals surface area contributed by atoms with E-state index in [4.69, 9.17) is 4.74 Å². The number of alkyl carbamates (subject to hydrolysis) is 1. The summed E-state index contributed by atoms with van der Waals surface area (Å²) in [4.78, 5) is 24.0. The van der Waals surface area contributed by atoms with Crippen LogP contribution in [0.3, 0.4) is 0 Å². The number of carbonyl (C=O) groups is 2. The van der Waals surface area contributed by atoms with Crippen LogP contribution in [0.15, 0.2) is 0 Å². The van der Waals surface area contributed by atoms with Gasteiger partial charge in [-0.1, -0.05) is 0 Å². The van der Waals surface area contributed by atoms with Crippen molar-refractivity contribution in [2.45, 2.75) is 83.5 Å². The second kappa shape index (κ2) is 5.38. The molecule has 128 valence electrons. The fourth-order valence-electron chi connectivity index (χ4n) is 3.30. The number of aliphatic carboxylic acids is 1. The fraction of sp³-hybridized carbons (Fsp3) is 0.867. The Morgan fingerprint density at radius 1 is 1.09 bits per heavy atom. The number of carbonyl (C=O) groups excluding carboxylic acids is 1. The molecule has 1 saturated heterocycles. The summed E-state index contributed by atoms with van der Waals surface area (Å²) in [7, 11) is 0. The first-order valence-corrected chi connectivity index (χ1v) is 7.35. The molecule has 1 aliphatic heterocycles. The number of hydrogen-bond donors (Lipinski definition) is 3. The molecule has 7 nitrogen and oxygen atoms in total. The topological polar surface area (TPSA) is 99.1 Å². The lowest BCUT2D eigenvalue weighted by Gasteiger charge is -2.54. The molecule has 1 amide bonds. The second-order valence-electron chi connectivity index (χ2n) is 8.30. The zero-order valence-corrected chi connectivity index (χ0v) is 14.5. The third kappa shape index (κ3) is 3.89. The van der Waals surface area contributed by atoms with Crippen LogP contribution < -0.4 is 5.32 Å². The summed E-state index contributed by atoms with van der Waals surface area (Å²) in [5.41, 5.74) is -3.83. The van der Waals surface area contributed by atoms with E-state index in [0.29, 0.717) is 0 Å². The summed E-state index contributed by atoms with van der Waals surface area (Å²) in [6.45, 7) is 12.1. The van der Waals surface area contributed by atoms with Crippen LogP contribution in [0.2, 0.25) is 0 Å². The number of ether oxygens (including phenoxy) is 1. The lowest BCUT2D eigenvalue weighted by molar-refractivity contribution is -0.256. The summed E-state index contributed by atoms with van der Waals surface area (Å²) in [6, 6.07) is 0. The Bertz CT molecular complexity index is 447. The lowest BCUT2D eigenvalue weighted by Crippen LogP contribution is -2.71. The van der Waals surface area contributed by atoms with Gasteiger partial charge in [0, 0.05) is 23.9 Å². The van der Waals surface area contributed by atoms with E-state index in [-0.39, 0.29) is 12.8 Å². The van der Waals surface area contributed by atoms with Gasteiger partial charge in [-0.15, -0.1) is 0 Å². The zero-order valence-electron chi connectivity index (χ0n) is 14.5. The molecule has 0 aromatic carbocycles. The minimum atomic E-state index is -1.49. The van der Waals surface area contributed by atoms with Crippen LogP contribution >= 0.6 is 0 Å². The van der Waals surface area contributed by atoms with Crippen molar-refractivity contribution in [3.05, 3.63) is 0 Å². The fourth-order valence-corrected chi connectivity index (χ4v) is 3.30. The molecule has 0 bridgehead atoms. The molecular weight excluding hydrogens is 288 g/mol. The van der Waals surface area contributed by atoms with Crippen molar-refractivity contribution in [3.63, 3.8) is 0 Å².